The quantitative estimate of drug-likeness (QED) is 0.770. The highest BCUT2D eigenvalue weighted by Crippen LogP contribution is 2.11. The van der Waals surface area contributed by atoms with Gasteiger partial charge in [-0.25, -0.2) is 9.78 Å². The van der Waals surface area contributed by atoms with Crippen molar-refractivity contribution in [2.24, 2.45) is 0 Å². The third-order valence-corrected chi connectivity index (χ3v) is 2.46. The number of hydrogen-bond donors (Lipinski definition) is 2. The lowest BCUT2D eigenvalue weighted by atomic mass is 10.1. The third kappa shape index (κ3) is 1.77. The topological polar surface area (TPSA) is 83.0 Å². The Morgan fingerprint density at radius 3 is 2.82 bits per heavy atom. The van der Waals surface area contributed by atoms with Crippen LogP contribution in [0, 0.1) is 5.95 Å². The molecule has 6 heteroatoms. The molecule has 0 spiro atoms. The molecule has 0 aliphatic carbocycles. The second-order valence-electron chi connectivity index (χ2n) is 3.50. The van der Waals surface area contributed by atoms with Gasteiger partial charge in [0.1, 0.15) is 11.1 Å². The van der Waals surface area contributed by atoms with Gasteiger partial charge in [0, 0.05) is 5.69 Å². The first kappa shape index (κ1) is 11.3. The molecule has 0 saturated heterocycles. The number of nitrogens with one attached hydrogen (secondary N) is 1. The van der Waals surface area contributed by atoms with Crippen LogP contribution < -0.4 is 5.43 Å². The van der Waals surface area contributed by atoms with E-state index in [1.54, 1.807) is 6.92 Å². The number of aryl methyl sites for hydroxylation is 1. The number of fused-ring (bicyclic) bond motifs is 1. The second-order valence-corrected chi connectivity index (χ2v) is 3.50. The van der Waals surface area contributed by atoms with E-state index in [-0.39, 0.29) is 11.1 Å². The fourth-order valence-electron chi connectivity index (χ4n) is 1.68. The number of halogens is 1. The number of aromatic nitrogens is 2. The molecule has 0 aromatic carbocycles. The molecule has 2 aromatic rings. The summed E-state index contributed by atoms with van der Waals surface area (Å²) in [5, 5.41) is 8.96. The number of aromatic carboxylic acids is 1. The Labute approximate surface area is 94.9 Å². The Hall–Kier alpha value is -2.24. The van der Waals surface area contributed by atoms with Crippen molar-refractivity contribution in [3.05, 3.63) is 39.6 Å². The lowest BCUT2D eigenvalue weighted by Gasteiger charge is -2.05. The predicted molar refractivity (Wildman–Crippen MR) is 58.7 cm³/mol. The lowest BCUT2D eigenvalue weighted by Crippen LogP contribution is -2.20. The summed E-state index contributed by atoms with van der Waals surface area (Å²) in [6.07, 6.45) is 0.365. The van der Waals surface area contributed by atoms with Crippen LogP contribution in [0.25, 0.3) is 11.0 Å². The van der Waals surface area contributed by atoms with Gasteiger partial charge < -0.3 is 10.1 Å². The van der Waals surface area contributed by atoms with Crippen LogP contribution in [-0.2, 0) is 6.42 Å². The van der Waals surface area contributed by atoms with Crippen molar-refractivity contribution in [1.82, 2.24) is 9.97 Å². The van der Waals surface area contributed by atoms with Gasteiger partial charge in [-0.15, -0.1) is 0 Å². The molecule has 0 aliphatic heterocycles. The van der Waals surface area contributed by atoms with Gasteiger partial charge in [-0.2, -0.15) is 4.39 Å². The van der Waals surface area contributed by atoms with Crippen molar-refractivity contribution in [2.45, 2.75) is 13.3 Å². The highest BCUT2D eigenvalue weighted by atomic mass is 19.1. The average molecular weight is 236 g/mol. The first-order chi connectivity index (χ1) is 8.04. The van der Waals surface area contributed by atoms with Crippen LogP contribution in [0.5, 0.6) is 0 Å². The van der Waals surface area contributed by atoms with Gasteiger partial charge in [0.2, 0.25) is 11.4 Å². The zero-order chi connectivity index (χ0) is 12.6. The Balaban J connectivity index is 2.94. The van der Waals surface area contributed by atoms with Crippen molar-refractivity contribution < 1.29 is 14.3 Å². The monoisotopic (exact) mass is 236 g/mol. The largest absolute Gasteiger partial charge is 0.477 e. The summed E-state index contributed by atoms with van der Waals surface area (Å²) in [7, 11) is 0. The van der Waals surface area contributed by atoms with Crippen LogP contribution in [0.2, 0.25) is 0 Å². The number of hydrogen-bond acceptors (Lipinski definition) is 3. The van der Waals surface area contributed by atoms with E-state index < -0.39 is 17.3 Å². The number of carboxylic acid groups (broad SMARTS) is 1. The highest BCUT2D eigenvalue weighted by molar-refractivity contribution is 5.92. The predicted octanol–water partition coefficient (Wildman–Crippen LogP) is 1.32. The minimum absolute atomic E-state index is 0.195. The number of H-pyrrole nitrogens is 1. The fraction of sp³-hybridized carbons (Fsp3) is 0.182. The van der Waals surface area contributed by atoms with E-state index in [1.165, 1.54) is 6.07 Å². The lowest BCUT2D eigenvalue weighted by molar-refractivity contribution is 0.0694. The maximum atomic E-state index is 12.9. The van der Waals surface area contributed by atoms with Gasteiger partial charge in [0.05, 0.1) is 5.52 Å². The molecular formula is C11H9FN2O3. The van der Waals surface area contributed by atoms with Gasteiger partial charge in [-0.1, -0.05) is 6.92 Å². The summed E-state index contributed by atoms with van der Waals surface area (Å²) < 4.78 is 12.9. The molecule has 0 fully saturated rings. The molecular weight excluding hydrogens is 227 g/mol. The smallest absolute Gasteiger partial charge is 0.341 e. The molecule has 0 amide bonds. The van der Waals surface area contributed by atoms with E-state index in [0.717, 1.165) is 6.07 Å². The number of aromatic amines is 1. The number of carbonyl (C=O) groups is 1. The highest BCUT2D eigenvalue weighted by Gasteiger charge is 2.18. The molecule has 0 bridgehead atoms. The van der Waals surface area contributed by atoms with E-state index >= 15 is 0 Å². The van der Waals surface area contributed by atoms with E-state index in [4.69, 9.17) is 5.11 Å². The molecule has 2 rings (SSSR count). The molecule has 2 heterocycles. The van der Waals surface area contributed by atoms with Crippen molar-refractivity contribution in [3.63, 3.8) is 0 Å². The summed E-state index contributed by atoms with van der Waals surface area (Å²) in [5.74, 6) is -2.15. The first-order valence-electron chi connectivity index (χ1n) is 4.99. The van der Waals surface area contributed by atoms with Crippen LogP contribution in [-0.4, -0.2) is 21.0 Å². The SMILES string of the molecule is CCc1[nH]c2ccc(F)nc2c(=O)c1C(=O)O. The average Bonchev–Trinajstić information content (AvgIpc) is 2.29. The van der Waals surface area contributed by atoms with Gasteiger partial charge >= 0.3 is 5.97 Å². The molecule has 2 N–H and O–H groups in total. The van der Waals surface area contributed by atoms with Gasteiger partial charge in [0.15, 0.2) is 0 Å². The van der Waals surface area contributed by atoms with E-state index in [0.29, 0.717) is 17.6 Å². The summed E-state index contributed by atoms with van der Waals surface area (Å²) in [6.45, 7) is 1.72. The standard InChI is InChI=1S/C11H9FN2O3/c1-2-5-8(11(16)17)10(15)9-6(13-5)3-4-7(12)14-9/h3-4H,2H2,1H3,(H,13,15)(H,16,17). The van der Waals surface area contributed by atoms with Crippen molar-refractivity contribution in [1.29, 1.82) is 0 Å². The van der Waals surface area contributed by atoms with Crippen LogP contribution in [0.4, 0.5) is 4.39 Å². The summed E-state index contributed by atoms with van der Waals surface area (Å²) >= 11 is 0. The summed E-state index contributed by atoms with van der Waals surface area (Å²) in [6, 6.07) is 2.47. The number of pyridine rings is 2. The van der Waals surface area contributed by atoms with Crippen molar-refractivity contribution in [2.75, 3.05) is 0 Å². The number of carboxylic acids is 1. The minimum atomic E-state index is -1.34. The van der Waals surface area contributed by atoms with Gasteiger partial charge in [-0.05, 0) is 18.6 Å². The van der Waals surface area contributed by atoms with Crippen molar-refractivity contribution in [3.8, 4) is 0 Å². The maximum Gasteiger partial charge on any atom is 0.341 e. The van der Waals surface area contributed by atoms with Crippen LogP contribution in [0.1, 0.15) is 23.0 Å². The molecule has 2 aromatic heterocycles. The zero-order valence-electron chi connectivity index (χ0n) is 8.95. The summed E-state index contributed by atoms with van der Waals surface area (Å²) in [5.41, 5.74) is -0.693. The Kier molecular flexibility index (Phi) is 2.63. The zero-order valence-corrected chi connectivity index (χ0v) is 8.95. The Morgan fingerprint density at radius 2 is 2.24 bits per heavy atom. The third-order valence-electron chi connectivity index (χ3n) is 2.46. The van der Waals surface area contributed by atoms with Crippen LogP contribution in [0.3, 0.4) is 0 Å². The Morgan fingerprint density at radius 1 is 1.53 bits per heavy atom. The molecule has 17 heavy (non-hydrogen) atoms. The maximum absolute atomic E-state index is 12.9. The fourth-order valence-corrected chi connectivity index (χ4v) is 1.68. The van der Waals surface area contributed by atoms with E-state index in [2.05, 4.69) is 9.97 Å². The van der Waals surface area contributed by atoms with E-state index in [9.17, 15) is 14.0 Å². The molecule has 0 saturated carbocycles. The molecule has 0 unspecified atom stereocenters. The molecule has 88 valence electrons. The van der Waals surface area contributed by atoms with E-state index in [1.807, 2.05) is 0 Å². The number of rotatable bonds is 2. The molecule has 5 nitrogen and oxygen atoms in total. The normalized spacial score (nSPS) is 10.7. The Bertz CT molecular complexity index is 664. The van der Waals surface area contributed by atoms with Gasteiger partial charge in [0.25, 0.3) is 0 Å². The summed E-state index contributed by atoms with van der Waals surface area (Å²) in [4.78, 5) is 29.1. The molecule has 0 atom stereocenters. The molecule has 0 radical (unpaired) electrons. The van der Waals surface area contributed by atoms with Gasteiger partial charge in [-0.3, -0.25) is 4.79 Å². The molecule has 0 aliphatic rings. The number of nitrogens with zero attached hydrogens (tertiary/aromatic N) is 1. The minimum Gasteiger partial charge on any atom is -0.477 e. The first-order valence-corrected chi connectivity index (χ1v) is 4.99. The van der Waals surface area contributed by atoms with Crippen LogP contribution >= 0.6 is 0 Å². The second kappa shape index (κ2) is 3.97. The van der Waals surface area contributed by atoms with Crippen LogP contribution in [0.15, 0.2) is 16.9 Å². The van der Waals surface area contributed by atoms with Crippen molar-refractivity contribution >= 4 is 17.0 Å².